The van der Waals surface area contributed by atoms with Crippen molar-refractivity contribution in [3.63, 3.8) is 0 Å². The number of aryl methyl sites for hydroxylation is 1. The predicted octanol–water partition coefficient (Wildman–Crippen LogP) is 3.79. The number of carbonyl (C=O) groups is 2. The summed E-state index contributed by atoms with van der Waals surface area (Å²) in [5, 5.41) is 24.0. The number of ether oxygens (including phenoxy) is 5. The average molecular weight is 684 g/mol. The SMILES string of the molecule is CCCCc1nc(Cl)c(C(=O)OCOC(=O)O[C@H]2CO[C@H]3[C@@H]2OC[C@H]3O[N+](=O)[O-])n1Cc1ccc(-c2ccccc2-c2nn[nH]n2)cc1. The number of fused-ring (bicyclic) bond motifs is 1. The lowest BCUT2D eigenvalue weighted by Gasteiger charge is -2.16. The van der Waals surface area contributed by atoms with Gasteiger partial charge in [0.25, 0.3) is 5.09 Å². The zero-order valence-corrected chi connectivity index (χ0v) is 26.3. The maximum atomic E-state index is 13.2. The predicted molar refractivity (Wildman–Crippen MR) is 163 cm³/mol. The molecule has 2 aliphatic rings. The van der Waals surface area contributed by atoms with Crippen LogP contribution in [0.15, 0.2) is 48.5 Å². The highest BCUT2D eigenvalue weighted by Crippen LogP contribution is 2.32. The molecule has 48 heavy (non-hydrogen) atoms. The minimum absolute atomic E-state index is 0.00879. The molecule has 0 aliphatic carbocycles. The number of nitrogens with zero attached hydrogens (tertiary/aromatic N) is 6. The van der Waals surface area contributed by atoms with Crippen molar-refractivity contribution in [2.24, 2.45) is 0 Å². The van der Waals surface area contributed by atoms with Gasteiger partial charge in [-0.3, -0.25) is 0 Å². The Morgan fingerprint density at radius 3 is 2.50 bits per heavy atom. The Morgan fingerprint density at radius 1 is 1.06 bits per heavy atom. The van der Waals surface area contributed by atoms with Crippen molar-refractivity contribution in [1.82, 2.24) is 30.2 Å². The summed E-state index contributed by atoms with van der Waals surface area (Å²) in [4.78, 5) is 45.2. The Morgan fingerprint density at radius 2 is 1.79 bits per heavy atom. The molecule has 4 heterocycles. The highest BCUT2D eigenvalue weighted by Gasteiger charge is 2.51. The number of rotatable bonds is 13. The number of imidazole rings is 1. The lowest BCUT2D eigenvalue weighted by Crippen LogP contribution is -2.36. The second kappa shape index (κ2) is 14.7. The van der Waals surface area contributed by atoms with Crippen LogP contribution in [0.4, 0.5) is 4.79 Å². The first-order chi connectivity index (χ1) is 23.3. The second-order valence-corrected chi connectivity index (χ2v) is 11.3. The third-order valence-electron chi connectivity index (χ3n) is 7.87. The molecule has 2 fully saturated rings. The van der Waals surface area contributed by atoms with E-state index in [1.807, 2.05) is 55.5 Å². The molecule has 2 aliphatic heterocycles. The van der Waals surface area contributed by atoms with Crippen molar-refractivity contribution in [2.45, 2.75) is 57.1 Å². The number of hydrogen-bond acceptors (Lipinski definition) is 14. The zero-order chi connectivity index (χ0) is 33.6. The first-order valence-corrected chi connectivity index (χ1v) is 15.4. The van der Waals surface area contributed by atoms with E-state index in [4.69, 9.17) is 35.3 Å². The van der Waals surface area contributed by atoms with Crippen molar-refractivity contribution in [3.05, 3.63) is 80.9 Å². The molecule has 6 rings (SSSR count). The van der Waals surface area contributed by atoms with Gasteiger partial charge in [0.15, 0.2) is 23.1 Å². The maximum Gasteiger partial charge on any atom is 0.511 e. The molecule has 4 atom stereocenters. The molecule has 18 heteroatoms. The summed E-state index contributed by atoms with van der Waals surface area (Å²) in [5.41, 5.74) is 3.55. The molecule has 17 nitrogen and oxygen atoms in total. The molecule has 0 spiro atoms. The number of benzene rings is 2. The van der Waals surface area contributed by atoms with Gasteiger partial charge in [-0.05, 0) is 28.3 Å². The lowest BCUT2D eigenvalue weighted by molar-refractivity contribution is -0.769. The maximum absolute atomic E-state index is 13.2. The van der Waals surface area contributed by atoms with E-state index >= 15 is 0 Å². The summed E-state index contributed by atoms with van der Waals surface area (Å²) in [6.07, 6.45) is -2.24. The Bertz CT molecular complexity index is 1750. The van der Waals surface area contributed by atoms with Gasteiger partial charge in [-0.1, -0.05) is 73.5 Å². The molecule has 0 amide bonds. The minimum Gasteiger partial charge on any atom is -0.426 e. The van der Waals surface area contributed by atoms with E-state index < -0.39 is 48.4 Å². The normalized spacial score (nSPS) is 19.9. The van der Waals surface area contributed by atoms with E-state index in [2.05, 4.69) is 30.4 Å². The van der Waals surface area contributed by atoms with E-state index in [-0.39, 0.29) is 30.6 Å². The van der Waals surface area contributed by atoms with Gasteiger partial charge in [-0.25, -0.2) is 14.6 Å². The van der Waals surface area contributed by atoms with Crippen LogP contribution >= 0.6 is 11.6 Å². The fraction of sp³-hybridized carbons (Fsp3) is 0.400. The lowest BCUT2D eigenvalue weighted by atomic mass is 9.98. The monoisotopic (exact) mass is 683 g/mol. The molecule has 2 aromatic carbocycles. The van der Waals surface area contributed by atoms with Crippen LogP contribution in [-0.4, -0.2) is 91.8 Å². The fourth-order valence-corrected chi connectivity index (χ4v) is 5.90. The Balaban J connectivity index is 1.10. The number of aromatic nitrogens is 6. The number of esters is 1. The Hall–Kier alpha value is -5.13. The van der Waals surface area contributed by atoms with Crippen molar-refractivity contribution in [1.29, 1.82) is 0 Å². The van der Waals surface area contributed by atoms with E-state index in [0.29, 0.717) is 18.1 Å². The van der Waals surface area contributed by atoms with Gasteiger partial charge >= 0.3 is 12.1 Å². The van der Waals surface area contributed by atoms with Crippen molar-refractivity contribution >= 4 is 23.7 Å². The topological polar surface area (TPSA) is 205 Å². The molecule has 0 radical (unpaired) electrons. The quantitative estimate of drug-likeness (QED) is 0.0922. The summed E-state index contributed by atoms with van der Waals surface area (Å²) in [6, 6.07) is 15.5. The van der Waals surface area contributed by atoms with Gasteiger partial charge < -0.3 is 33.1 Å². The van der Waals surface area contributed by atoms with Gasteiger partial charge in [-0.2, -0.15) is 5.21 Å². The summed E-state index contributed by atoms with van der Waals surface area (Å²) < 4.78 is 28.0. The highest BCUT2D eigenvalue weighted by molar-refractivity contribution is 6.32. The second-order valence-electron chi connectivity index (χ2n) is 10.9. The minimum atomic E-state index is -1.15. The number of aromatic amines is 1. The van der Waals surface area contributed by atoms with Crippen LogP contribution in [0.3, 0.4) is 0 Å². The number of tetrazole rings is 1. The molecule has 0 bridgehead atoms. The number of halogens is 1. The third kappa shape index (κ3) is 7.22. The van der Waals surface area contributed by atoms with Crippen molar-refractivity contribution in [2.75, 3.05) is 20.0 Å². The van der Waals surface area contributed by atoms with Gasteiger partial charge in [0.05, 0.1) is 13.2 Å². The molecule has 0 saturated carbocycles. The van der Waals surface area contributed by atoms with Crippen molar-refractivity contribution < 1.29 is 43.2 Å². The third-order valence-corrected chi connectivity index (χ3v) is 8.13. The Labute approximate surface area is 277 Å². The number of hydrogen-bond donors (Lipinski definition) is 1. The van der Waals surface area contributed by atoms with Crippen LogP contribution in [0.2, 0.25) is 5.15 Å². The van der Waals surface area contributed by atoms with Gasteiger partial charge in [-0.15, -0.1) is 20.3 Å². The first-order valence-electron chi connectivity index (χ1n) is 15.0. The molecule has 1 N–H and O–H groups in total. The van der Waals surface area contributed by atoms with Crippen LogP contribution < -0.4 is 0 Å². The largest absolute Gasteiger partial charge is 0.511 e. The standard InChI is InChI=1S/C30H30ClN7O10/c1-2-3-8-23-32-27(31)24(29(39)45-16-46-30(40)47-21-14-43-26-22(48-38(41)42)15-44-25(21)26)37(23)13-17-9-11-18(12-10-17)19-6-4-5-7-20(19)28-33-35-36-34-28/h4-7,9-12,21-22,25-26H,2-3,8,13-16H2,1H3,(H,33,34,35,36)/t21-,22+,25+,26+/m0/s1. The summed E-state index contributed by atoms with van der Waals surface area (Å²) in [7, 11) is 0. The molecular weight excluding hydrogens is 654 g/mol. The molecule has 0 unspecified atom stereocenters. The first kappa shape index (κ1) is 32.8. The summed E-state index contributed by atoms with van der Waals surface area (Å²) in [6.45, 7) is 1.36. The molecule has 2 saturated heterocycles. The molecular formula is C30H30ClN7O10. The summed E-state index contributed by atoms with van der Waals surface area (Å²) >= 11 is 6.45. The van der Waals surface area contributed by atoms with Gasteiger partial charge in [0.1, 0.15) is 18.0 Å². The van der Waals surface area contributed by atoms with E-state index in [1.165, 1.54) is 0 Å². The number of unbranched alkanes of at least 4 members (excludes halogenated alkanes) is 1. The van der Waals surface area contributed by atoms with Crippen LogP contribution in [0.1, 0.15) is 41.6 Å². The molecule has 252 valence electrons. The summed E-state index contributed by atoms with van der Waals surface area (Å²) in [5.74, 6) is 0.232. The smallest absolute Gasteiger partial charge is 0.426 e. The van der Waals surface area contributed by atoms with Crippen LogP contribution in [0, 0.1) is 10.1 Å². The van der Waals surface area contributed by atoms with Crippen LogP contribution in [0.25, 0.3) is 22.5 Å². The van der Waals surface area contributed by atoms with Gasteiger partial charge in [0, 0.05) is 18.5 Å². The number of carbonyl (C=O) groups excluding carboxylic acids is 2. The van der Waals surface area contributed by atoms with Crippen LogP contribution in [0.5, 0.6) is 0 Å². The molecule has 4 aromatic rings. The Kier molecular flexibility index (Phi) is 10.1. The molecule has 2 aromatic heterocycles. The number of H-pyrrole nitrogens is 1. The zero-order valence-electron chi connectivity index (χ0n) is 25.5. The highest BCUT2D eigenvalue weighted by atomic mass is 35.5. The van der Waals surface area contributed by atoms with E-state index in [9.17, 15) is 19.7 Å². The van der Waals surface area contributed by atoms with Crippen molar-refractivity contribution in [3.8, 4) is 22.5 Å². The van der Waals surface area contributed by atoms with E-state index in [0.717, 1.165) is 35.1 Å². The van der Waals surface area contributed by atoms with Crippen LogP contribution in [-0.2, 0) is 41.5 Å². The van der Waals surface area contributed by atoms with Gasteiger partial charge in [0.2, 0.25) is 12.6 Å². The fourth-order valence-electron chi connectivity index (χ4n) is 5.62. The van der Waals surface area contributed by atoms with E-state index in [1.54, 1.807) is 4.57 Å². The number of nitrogens with one attached hydrogen (secondary N) is 1. The average Bonchev–Trinajstić information content (AvgIpc) is 3.88.